The number of nitrogens with zero attached hydrogens (tertiary/aromatic N) is 1. The van der Waals surface area contributed by atoms with Crippen LogP contribution in [-0.2, 0) is 0 Å². The summed E-state index contributed by atoms with van der Waals surface area (Å²) < 4.78 is 0. The van der Waals surface area contributed by atoms with Crippen LogP contribution in [0.2, 0.25) is 0 Å². The fourth-order valence-corrected chi connectivity index (χ4v) is 4.32. The smallest absolute Gasteiger partial charge is 0.0991 e. The number of anilines is 1. The maximum atomic E-state index is 8.89. The summed E-state index contributed by atoms with van der Waals surface area (Å²) in [6.07, 6.45) is 12.7. The van der Waals surface area contributed by atoms with Gasteiger partial charge in [-0.15, -0.1) is 0 Å². The van der Waals surface area contributed by atoms with Crippen molar-refractivity contribution in [2.75, 3.05) is 5.32 Å². The summed E-state index contributed by atoms with van der Waals surface area (Å²) >= 11 is 0. The molecule has 2 atom stereocenters. The predicted molar refractivity (Wildman–Crippen MR) is 87.1 cm³/mol. The SMILES string of the molecule is N#Cc1ccc(NC2CCCCC2C2CCCCC2)cc1. The van der Waals surface area contributed by atoms with E-state index < -0.39 is 0 Å². The lowest BCUT2D eigenvalue weighted by Gasteiger charge is -2.39. The van der Waals surface area contributed by atoms with Gasteiger partial charge in [-0.25, -0.2) is 0 Å². The Balaban J connectivity index is 1.67. The molecule has 1 aromatic rings. The highest BCUT2D eigenvalue weighted by Crippen LogP contribution is 2.39. The Hall–Kier alpha value is -1.49. The minimum absolute atomic E-state index is 0.634. The Morgan fingerprint density at radius 2 is 1.52 bits per heavy atom. The second kappa shape index (κ2) is 6.98. The number of benzene rings is 1. The van der Waals surface area contributed by atoms with Gasteiger partial charge in [0.15, 0.2) is 0 Å². The molecule has 2 heteroatoms. The molecule has 0 saturated heterocycles. The maximum absolute atomic E-state index is 8.89. The molecule has 0 bridgehead atoms. The van der Waals surface area contributed by atoms with Crippen LogP contribution in [0.25, 0.3) is 0 Å². The number of hydrogen-bond donors (Lipinski definition) is 1. The van der Waals surface area contributed by atoms with Crippen molar-refractivity contribution < 1.29 is 0 Å². The summed E-state index contributed by atoms with van der Waals surface area (Å²) in [5.41, 5.74) is 1.93. The van der Waals surface area contributed by atoms with Gasteiger partial charge in [0.05, 0.1) is 11.6 Å². The monoisotopic (exact) mass is 282 g/mol. The minimum Gasteiger partial charge on any atom is -0.382 e. The van der Waals surface area contributed by atoms with Crippen LogP contribution in [0.4, 0.5) is 5.69 Å². The van der Waals surface area contributed by atoms with E-state index in [1.807, 2.05) is 12.1 Å². The first-order valence-corrected chi connectivity index (χ1v) is 8.63. The molecule has 0 radical (unpaired) electrons. The molecule has 2 aliphatic rings. The Bertz CT molecular complexity index is 479. The van der Waals surface area contributed by atoms with E-state index in [-0.39, 0.29) is 0 Å². The Morgan fingerprint density at radius 3 is 2.24 bits per heavy atom. The van der Waals surface area contributed by atoms with Crippen molar-refractivity contribution in [3.8, 4) is 6.07 Å². The first-order chi connectivity index (χ1) is 10.4. The third-order valence-corrected chi connectivity index (χ3v) is 5.44. The fraction of sp³-hybridized carbons (Fsp3) is 0.632. The fourth-order valence-electron chi connectivity index (χ4n) is 4.32. The lowest BCUT2D eigenvalue weighted by molar-refractivity contribution is 0.180. The Kier molecular flexibility index (Phi) is 4.80. The lowest BCUT2D eigenvalue weighted by Crippen LogP contribution is -2.37. The summed E-state index contributed by atoms with van der Waals surface area (Å²) in [6, 6.07) is 10.8. The second-order valence-corrected chi connectivity index (χ2v) is 6.79. The highest BCUT2D eigenvalue weighted by atomic mass is 14.9. The van der Waals surface area contributed by atoms with Gasteiger partial charge in [-0.2, -0.15) is 5.26 Å². The zero-order valence-electron chi connectivity index (χ0n) is 12.9. The highest BCUT2D eigenvalue weighted by molar-refractivity contribution is 5.48. The van der Waals surface area contributed by atoms with Crippen LogP contribution in [0.1, 0.15) is 63.4 Å². The van der Waals surface area contributed by atoms with Crippen LogP contribution in [0.3, 0.4) is 0 Å². The van der Waals surface area contributed by atoms with Crippen molar-refractivity contribution >= 4 is 5.69 Å². The van der Waals surface area contributed by atoms with E-state index in [1.165, 1.54) is 63.5 Å². The molecule has 0 heterocycles. The molecule has 21 heavy (non-hydrogen) atoms. The molecule has 2 fully saturated rings. The summed E-state index contributed by atoms with van der Waals surface area (Å²) in [5, 5.41) is 12.7. The molecule has 112 valence electrons. The largest absolute Gasteiger partial charge is 0.382 e. The molecule has 1 N–H and O–H groups in total. The number of rotatable bonds is 3. The summed E-state index contributed by atoms with van der Waals surface area (Å²) in [6.45, 7) is 0. The van der Waals surface area contributed by atoms with E-state index in [2.05, 4.69) is 23.5 Å². The van der Waals surface area contributed by atoms with Crippen molar-refractivity contribution in [1.29, 1.82) is 5.26 Å². The van der Waals surface area contributed by atoms with Crippen molar-refractivity contribution in [1.82, 2.24) is 0 Å². The van der Waals surface area contributed by atoms with Crippen molar-refractivity contribution in [3.05, 3.63) is 29.8 Å². The van der Waals surface area contributed by atoms with Crippen LogP contribution in [-0.4, -0.2) is 6.04 Å². The topological polar surface area (TPSA) is 35.8 Å². The van der Waals surface area contributed by atoms with Gasteiger partial charge in [0.1, 0.15) is 0 Å². The molecule has 0 amide bonds. The zero-order chi connectivity index (χ0) is 14.5. The average molecular weight is 282 g/mol. The van der Waals surface area contributed by atoms with Gasteiger partial charge < -0.3 is 5.32 Å². The average Bonchev–Trinajstić information content (AvgIpc) is 2.57. The van der Waals surface area contributed by atoms with E-state index in [4.69, 9.17) is 5.26 Å². The van der Waals surface area contributed by atoms with Crippen LogP contribution in [0, 0.1) is 23.2 Å². The molecule has 2 nitrogen and oxygen atoms in total. The second-order valence-electron chi connectivity index (χ2n) is 6.79. The number of nitriles is 1. The molecule has 2 aliphatic carbocycles. The van der Waals surface area contributed by atoms with Crippen molar-refractivity contribution in [2.24, 2.45) is 11.8 Å². The lowest BCUT2D eigenvalue weighted by atomic mass is 9.71. The van der Waals surface area contributed by atoms with E-state index in [1.54, 1.807) is 0 Å². The van der Waals surface area contributed by atoms with Crippen molar-refractivity contribution in [3.63, 3.8) is 0 Å². The Labute approximate surface area is 128 Å². The van der Waals surface area contributed by atoms with Gasteiger partial charge in [-0.3, -0.25) is 0 Å². The molecule has 0 spiro atoms. The maximum Gasteiger partial charge on any atom is 0.0991 e. The summed E-state index contributed by atoms with van der Waals surface area (Å²) in [4.78, 5) is 0. The molecule has 0 aromatic heterocycles. The zero-order valence-corrected chi connectivity index (χ0v) is 12.9. The molecule has 3 rings (SSSR count). The summed E-state index contributed by atoms with van der Waals surface area (Å²) in [5.74, 6) is 1.80. The third kappa shape index (κ3) is 3.59. The van der Waals surface area contributed by atoms with Gasteiger partial charge >= 0.3 is 0 Å². The van der Waals surface area contributed by atoms with E-state index in [0.29, 0.717) is 6.04 Å². The normalized spacial score (nSPS) is 27.0. The molecular formula is C19H26N2. The van der Waals surface area contributed by atoms with Crippen LogP contribution in [0.5, 0.6) is 0 Å². The summed E-state index contributed by atoms with van der Waals surface area (Å²) in [7, 11) is 0. The number of hydrogen-bond acceptors (Lipinski definition) is 2. The van der Waals surface area contributed by atoms with Gasteiger partial charge in [-0.05, 0) is 48.9 Å². The molecule has 1 aromatic carbocycles. The number of nitrogens with one attached hydrogen (secondary N) is 1. The van der Waals surface area contributed by atoms with Gasteiger partial charge in [0.2, 0.25) is 0 Å². The molecule has 2 saturated carbocycles. The van der Waals surface area contributed by atoms with E-state index in [0.717, 1.165) is 17.4 Å². The van der Waals surface area contributed by atoms with Crippen LogP contribution in [0.15, 0.2) is 24.3 Å². The quantitative estimate of drug-likeness (QED) is 0.836. The van der Waals surface area contributed by atoms with E-state index in [9.17, 15) is 0 Å². The molecule has 2 unspecified atom stereocenters. The third-order valence-electron chi connectivity index (χ3n) is 5.44. The van der Waals surface area contributed by atoms with E-state index >= 15 is 0 Å². The predicted octanol–water partition coefficient (Wildman–Crippen LogP) is 5.11. The highest BCUT2D eigenvalue weighted by Gasteiger charge is 2.32. The standard InChI is InChI=1S/C19H26N2/c20-14-15-10-12-17(13-11-15)21-19-9-5-4-8-18(19)16-6-2-1-3-7-16/h10-13,16,18-19,21H,1-9H2. The molecular weight excluding hydrogens is 256 g/mol. The van der Waals surface area contributed by atoms with Gasteiger partial charge in [-0.1, -0.05) is 44.9 Å². The Morgan fingerprint density at radius 1 is 0.857 bits per heavy atom. The minimum atomic E-state index is 0.634. The van der Waals surface area contributed by atoms with Crippen LogP contribution < -0.4 is 5.32 Å². The first-order valence-electron chi connectivity index (χ1n) is 8.63. The van der Waals surface area contributed by atoms with Crippen LogP contribution >= 0.6 is 0 Å². The first kappa shape index (κ1) is 14.4. The molecule has 0 aliphatic heterocycles. The van der Waals surface area contributed by atoms with Gasteiger partial charge in [0, 0.05) is 11.7 Å². The van der Waals surface area contributed by atoms with Crippen molar-refractivity contribution in [2.45, 2.75) is 63.8 Å². The van der Waals surface area contributed by atoms with Gasteiger partial charge in [0.25, 0.3) is 0 Å².